The van der Waals surface area contributed by atoms with Gasteiger partial charge in [-0.05, 0) is 18.1 Å². The summed E-state index contributed by atoms with van der Waals surface area (Å²) in [7, 11) is 0. The van der Waals surface area contributed by atoms with Crippen molar-refractivity contribution < 1.29 is 4.79 Å². The molecule has 3 aromatic rings. The van der Waals surface area contributed by atoms with Gasteiger partial charge in [0, 0.05) is 11.5 Å². The van der Waals surface area contributed by atoms with Crippen molar-refractivity contribution in [3.05, 3.63) is 65.0 Å². The van der Waals surface area contributed by atoms with Crippen LogP contribution in [0.4, 0.5) is 5.69 Å². The Bertz CT molecular complexity index is 947. The van der Waals surface area contributed by atoms with Crippen molar-refractivity contribution >= 4 is 22.5 Å². The second-order valence-electron chi connectivity index (χ2n) is 5.90. The molecular formula is C18H18N4O2. The number of hydrogen-bond acceptors (Lipinski definition) is 4. The normalized spacial score (nSPS) is 11.0. The van der Waals surface area contributed by atoms with Gasteiger partial charge in [0.15, 0.2) is 0 Å². The van der Waals surface area contributed by atoms with Gasteiger partial charge < -0.3 is 5.32 Å². The van der Waals surface area contributed by atoms with Gasteiger partial charge in [0.05, 0.1) is 29.4 Å². The number of anilines is 1. The van der Waals surface area contributed by atoms with E-state index in [1.54, 1.807) is 6.20 Å². The highest BCUT2D eigenvalue weighted by atomic mass is 16.2. The molecule has 0 aliphatic carbocycles. The summed E-state index contributed by atoms with van der Waals surface area (Å²) in [4.78, 5) is 32.7. The Morgan fingerprint density at radius 3 is 2.75 bits per heavy atom. The lowest BCUT2D eigenvalue weighted by Gasteiger charge is -2.09. The molecule has 0 radical (unpaired) electrons. The zero-order valence-electron chi connectivity index (χ0n) is 13.6. The van der Waals surface area contributed by atoms with Gasteiger partial charge in [-0.2, -0.15) is 0 Å². The minimum absolute atomic E-state index is 0.0863. The van der Waals surface area contributed by atoms with Crippen LogP contribution in [0.15, 0.2) is 53.7 Å². The van der Waals surface area contributed by atoms with Gasteiger partial charge in [-0.1, -0.05) is 32.0 Å². The Labute approximate surface area is 139 Å². The molecule has 0 bridgehead atoms. The molecule has 6 nitrogen and oxygen atoms in total. The third kappa shape index (κ3) is 3.48. The first kappa shape index (κ1) is 15.9. The molecule has 3 rings (SSSR count). The molecule has 2 heterocycles. The van der Waals surface area contributed by atoms with E-state index < -0.39 is 0 Å². The van der Waals surface area contributed by atoms with Crippen molar-refractivity contribution in [2.24, 2.45) is 0 Å². The minimum atomic E-state index is -0.298. The van der Waals surface area contributed by atoms with E-state index in [1.807, 2.05) is 44.2 Å². The molecule has 0 aliphatic heterocycles. The van der Waals surface area contributed by atoms with Crippen LogP contribution >= 0.6 is 0 Å². The van der Waals surface area contributed by atoms with Crippen LogP contribution in [0, 0.1) is 0 Å². The number of pyridine rings is 1. The SMILES string of the molecule is CC(C)c1cc(=O)n(CC(=O)Nc2cnc3ccccc3c2)cn1. The number of nitrogens with zero attached hydrogens (tertiary/aromatic N) is 3. The maximum atomic E-state index is 12.2. The van der Waals surface area contributed by atoms with Crippen LogP contribution in [-0.2, 0) is 11.3 Å². The lowest BCUT2D eigenvalue weighted by atomic mass is 10.1. The van der Waals surface area contributed by atoms with Crippen molar-refractivity contribution in [3.8, 4) is 0 Å². The summed E-state index contributed by atoms with van der Waals surface area (Å²) < 4.78 is 1.29. The molecule has 0 saturated heterocycles. The fourth-order valence-electron chi connectivity index (χ4n) is 2.37. The molecule has 1 amide bonds. The van der Waals surface area contributed by atoms with Crippen LogP contribution < -0.4 is 10.9 Å². The topological polar surface area (TPSA) is 76.9 Å². The predicted octanol–water partition coefficient (Wildman–Crippen LogP) is 2.55. The lowest BCUT2D eigenvalue weighted by Crippen LogP contribution is -2.28. The number of carbonyl (C=O) groups excluding carboxylic acids is 1. The van der Waals surface area contributed by atoms with E-state index in [2.05, 4.69) is 15.3 Å². The molecule has 24 heavy (non-hydrogen) atoms. The molecule has 2 aromatic heterocycles. The number of fused-ring (bicyclic) bond motifs is 1. The Morgan fingerprint density at radius 2 is 2.00 bits per heavy atom. The summed E-state index contributed by atoms with van der Waals surface area (Å²) in [5.41, 5.74) is 1.94. The van der Waals surface area contributed by atoms with E-state index in [0.29, 0.717) is 5.69 Å². The van der Waals surface area contributed by atoms with Gasteiger partial charge in [-0.3, -0.25) is 19.1 Å². The number of amides is 1. The summed E-state index contributed by atoms with van der Waals surface area (Å²) in [5.74, 6) is -0.127. The number of para-hydroxylation sites is 1. The molecule has 0 unspecified atom stereocenters. The Kier molecular flexibility index (Phi) is 4.37. The number of carbonyl (C=O) groups is 1. The van der Waals surface area contributed by atoms with Crippen molar-refractivity contribution in [2.75, 3.05) is 5.32 Å². The van der Waals surface area contributed by atoms with Crippen LogP contribution in [0.5, 0.6) is 0 Å². The Balaban J connectivity index is 1.74. The first-order valence-electron chi connectivity index (χ1n) is 7.74. The molecular weight excluding hydrogens is 304 g/mol. The second kappa shape index (κ2) is 6.62. The fourth-order valence-corrected chi connectivity index (χ4v) is 2.37. The molecule has 0 saturated carbocycles. The lowest BCUT2D eigenvalue weighted by molar-refractivity contribution is -0.116. The maximum absolute atomic E-state index is 12.2. The largest absolute Gasteiger partial charge is 0.323 e. The van der Waals surface area contributed by atoms with Crippen LogP contribution in [0.2, 0.25) is 0 Å². The quantitative estimate of drug-likeness (QED) is 0.801. The van der Waals surface area contributed by atoms with Crippen LogP contribution in [0.1, 0.15) is 25.5 Å². The second-order valence-corrected chi connectivity index (χ2v) is 5.90. The number of rotatable bonds is 4. The van der Waals surface area contributed by atoms with Gasteiger partial charge in [-0.25, -0.2) is 4.98 Å². The van der Waals surface area contributed by atoms with Crippen molar-refractivity contribution in [3.63, 3.8) is 0 Å². The average Bonchev–Trinajstić information content (AvgIpc) is 2.56. The minimum Gasteiger partial charge on any atom is -0.323 e. The first-order valence-corrected chi connectivity index (χ1v) is 7.74. The number of hydrogen-bond donors (Lipinski definition) is 1. The fraction of sp³-hybridized carbons (Fsp3) is 0.222. The maximum Gasteiger partial charge on any atom is 0.254 e. The molecule has 0 fully saturated rings. The van der Waals surface area contributed by atoms with E-state index >= 15 is 0 Å². The van der Waals surface area contributed by atoms with Gasteiger partial charge in [-0.15, -0.1) is 0 Å². The van der Waals surface area contributed by atoms with Gasteiger partial charge >= 0.3 is 0 Å². The standard InChI is InChI=1S/C18H18N4O2/c1-12(2)16-8-18(24)22(11-20-16)10-17(23)21-14-7-13-5-3-4-6-15(13)19-9-14/h3-9,11-12H,10H2,1-2H3,(H,21,23). The highest BCUT2D eigenvalue weighted by Crippen LogP contribution is 2.16. The monoisotopic (exact) mass is 322 g/mol. The molecule has 0 spiro atoms. The van der Waals surface area contributed by atoms with E-state index in [4.69, 9.17) is 0 Å². The zero-order chi connectivity index (χ0) is 17.1. The average molecular weight is 322 g/mol. The number of aromatic nitrogens is 3. The van der Waals surface area contributed by atoms with Crippen LogP contribution in [0.25, 0.3) is 10.9 Å². The number of nitrogens with one attached hydrogen (secondary N) is 1. The van der Waals surface area contributed by atoms with Gasteiger partial charge in [0.25, 0.3) is 5.56 Å². The van der Waals surface area contributed by atoms with Crippen LogP contribution in [-0.4, -0.2) is 20.4 Å². The molecule has 1 N–H and O–H groups in total. The predicted molar refractivity (Wildman–Crippen MR) is 93.0 cm³/mol. The third-order valence-corrected chi connectivity index (χ3v) is 3.68. The van der Waals surface area contributed by atoms with Gasteiger partial charge in [0.2, 0.25) is 5.91 Å². The Hall–Kier alpha value is -3.02. The summed E-state index contributed by atoms with van der Waals surface area (Å²) in [5, 5.41) is 3.70. The summed E-state index contributed by atoms with van der Waals surface area (Å²) >= 11 is 0. The van der Waals surface area contributed by atoms with Crippen molar-refractivity contribution in [2.45, 2.75) is 26.3 Å². The molecule has 0 aliphatic rings. The first-order chi connectivity index (χ1) is 11.5. The number of benzene rings is 1. The molecule has 0 atom stereocenters. The summed E-state index contributed by atoms with van der Waals surface area (Å²) in [6, 6.07) is 11.0. The molecule has 122 valence electrons. The van der Waals surface area contributed by atoms with Crippen molar-refractivity contribution in [1.82, 2.24) is 14.5 Å². The summed E-state index contributed by atoms with van der Waals surface area (Å²) in [6.07, 6.45) is 3.01. The van der Waals surface area contributed by atoms with E-state index in [-0.39, 0.29) is 23.9 Å². The smallest absolute Gasteiger partial charge is 0.254 e. The molecule has 1 aromatic carbocycles. The van der Waals surface area contributed by atoms with Gasteiger partial charge in [0.1, 0.15) is 6.54 Å². The van der Waals surface area contributed by atoms with E-state index in [9.17, 15) is 9.59 Å². The van der Waals surface area contributed by atoms with Crippen LogP contribution in [0.3, 0.4) is 0 Å². The molecule has 6 heteroatoms. The van der Waals surface area contributed by atoms with E-state index in [1.165, 1.54) is 17.0 Å². The third-order valence-electron chi connectivity index (χ3n) is 3.68. The summed E-state index contributed by atoms with van der Waals surface area (Å²) in [6.45, 7) is 3.84. The highest BCUT2D eigenvalue weighted by Gasteiger charge is 2.08. The Morgan fingerprint density at radius 1 is 1.21 bits per heavy atom. The zero-order valence-corrected chi connectivity index (χ0v) is 13.6. The van der Waals surface area contributed by atoms with Crippen molar-refractivity contribution in [1.29, 1.82) is 0 Å². The van der Waals surface area contributed by atoms with E-state index in [0.717, 1.165) is 16.6 Å². The highest BCUT2D eigenvalue weighted by molar-refractivity contribution is 5.92.